The number of benzene rings is 2. The molecule has 12 heteroatoms. The second-order valence-corrected chi connectivity index (χ2v) is 13.1. The molecule has 1 aromatic heterocycles. The van der Waals surface area contributed by atoms with Crippen LogP contribution in [0.1, 0.15) is 49.5 Å². The van der Waals surface area contributed by atoms with E-state index in [1.165, 1.54) is 19.1 Å². The van der Waals surface area contributed by atoms with Crippen LogP contribution >= 0.6 is 19.0 Å². The van der Waals surface area contributed by atoms with Crippen molar-refractivity contribution in [3.05, 3.63) is 64.6 Å². The predicted molar refractivity (Wildman–Crippen MR) is 150 cm³/mol. The third-order valence-electron chi connectivity index (χ3n) is 7.13. The zero-order chi connectivity index (χ0) is 29.2. The van der Waals surface area contributed by atoms with Gasteiger partial charge in [0.15, 0.2) is 5.78 Å². The largest absolute Gasteiger partial charge is 0.360 e. The molecule has 1 fully saturated rings. The monoisotopic (exact) mass is 593 g/mol. The van der Waals surface area contributed by atoms with Crippen molar-refractivity contribution < 1.29 is 32.3 Å². The number of H-pyrrole nitrogens is 1. The summed E-state index contributed by atoms with van der Waals surface area (Å²) in [6, 6.07) is 8.27. The highest BCUT2D eigenvalue weighted by atomic mass is 35.5. The third-order valence-corrected chi connectivity index (χ3v) is 10.4. The van der Waals surface area contributed by atoms with Gasteiger partial charge in [0.1, 0.15) is 18.0 Å². The van der Waals surface area contributed by atoms with Crippen molar-refractivity contribution in [3.63, 3.8) is 0 Å². The Hall–Kier alpha value is -3.07. The van der Waals surface area contributed by atoms with Gasteiger partial charge in [-0.1, -0.05) is 36.7 Å². The number of aromatic nitrogens is 1. The predicted octanol–water partition coefficient (Wildman–Crippen LogP) is 5.14. The Kier molecular flexibility index (Phi) is 9.12. The van der Waals surface area contributed by atoms with Crippen LogP contribution in [0.2, 0.25) is 5.02 Å². The number of amides is 2. The van der Waals surface area contributed by atoms with Crippen molar-refractivity contribution in [2.24, 2.45) is 0 Å². The maximum Gasteiger partial charge on any atom is 0.243 e. The summed E-state index contributed by atoms with van der Waals surface area (Å²) in [6.45, 7) is 4.44. The maximum atomic E-state index is 14.4. The Balaban J connectivity index is 1.50. The molecule has 2 amide bonds. The van der Waals surface area contributed by atoms with Crippen LogP contribution in [0.4, 0.5) is 8.78 Å². The summed E-state index contributed by atoms with van der Waals surface area (Å²) in [5.74, 6) is -1.93. The molecule has 0 saturated carbocycles. The van der Waals surface area contributed by atoms with Crippen molar-refractivity contribution in [1.82, 2.24) is 15.2 Å². The molecular formula is C28H31ClF2N3O5P. The summed E-state index contributed by atoms with van der Waals surface area (Å²) >= 11 is 5.80. The number of carbonyl (C=O) groups excluding carboxylic acids is 3. The summed E-state index contributed by atoms with van der Waals surface area (Å²) in [6.07, 6.45) is -0.280. The van der Waals surface area contributed by atoms with Gasteiger partial charge in [0.05, 0.1) is 18.2 Å². The molecule has 2 unspecified atom stereocenters. The number of alkyl halides is 1. The second-order valence-electron chi connectivity index (χ2n) is 9.88. The molecule has 4 atom stereocenters. The van der Waals surface area contributed by atoms with Gasteiger partial charge in [0.2, 0.25) is 19.2 Å². The van der Waals surface area contributed by atoms with E-state index in [9.17, 15) is 27.7 Å². The van der Waals surface area contributed by atoms with Crippen LogP contribution in [0, 0.1) is 5.82 Å². The van der Waals surface area contributed by atoms with Crippen LogP contribution in [-0.2, 0) is 25.2 Å². The molecular weight excluding hydrogens is 563 g/mol. The molecule has 1 saturated heterocycles. The lowest BCUT2D eigenvalue weighted by Crippen LogP contribution is -2.46. The number of hydrogen-bond donors (Lipinski definition) is 2. The summed E-state index contributed by atoms with van der Waals surface area (Å²) in [5, 5.41) is 3.54. The molecule has 2 heterocycles. The molecule has 1 aliphatic heterocycles. The highest BCUT2D eigenvalue weighted by molar-refractivity contribution is 7.67. The van der Waals surface area contributed by atoms with Gasteiger partial charge in [-0.3, -0.25) is 18.9 Å². The number of likely N-dealkylation sites (tertiary alicyclic amines) is 1. The normalized spacial score (nSPS) is 19.4. The molecule has 2 aromatic carbocycles. The minimum absolute atomic E-state index is 0.0873. The van der Waals surface area contributed by atoms with Gasteiger partial charge in [-0.05, 0) is 32.0 Å². The molecule has 0 spiro atoms. The van der Waals surface area contributed by atoms with Gasteiger partial charge >= 0.3 is 0 Å². The summed E-state index contributed by atoms with van der Waals surface area (Å²) < 4.78 is 48.6. The minimum atomic E-state index is -3.60. The highest BCUT2D eigenvalue weighted by Crippen LogP contribution is 2.52. The van der Waals surface area contributed by atoms with E-state index in [1.54, 1.807) is 44.3 Å². The van der Waals surface area contributed by atoms with E-state index in [0.29, 0.717) is 21.8 Å². The standard InChI is InChI=1S/C28H31ClF2N3O5P/c1-4-39-40(38,20-8-9-21-22(17(3)35)14-32-24(21)12-20)16(2)10-26(36)34-15-19(30)11-25(34)28(37)33-13-18-6-5-7-23(29)27(18)31/h5-9,12,14,16,19,25,32H,4,10-11,13,15H2,1-3H3,(H,33,37)/t16?,19-,25+,40?/m1/s1. The zero-order valence-electron chi connectivity index (χ0n) is 22.4. The van der Waals surface area contributed by atoms with E-state index in [4.69, 9.17) is 16.1 Å². The highest BCUT2D eigenvalue weighted by Gasteiger charge is 2.42. The fraction of sp³-hybridized carbons (Fsp3) is 0.393. The van der Waals surface area contributed by atoms with Crippen LogP contribution in [0.25, 0.3) is 10.9 Å². The van der Waals surface area contributed by atoms with E-state index >= 15 is 0 Å². The summed E-state index contributed by atoms with van der Waals surface area (Å²) in [7, 11) is -3.60. The average molecular weight is 594 g/mol. The van der Waals surface area contributed by atoms with E-state index in [1.807, 2.05) is 0 Å². The fourth-order valence-electron chi connectivity index (χ4n) is 5.03. The second kappa shape index (κ2) is 12.2. The van der Waals surface area contributed by atoms with Gasteiger partial charge in [-0.2, -0.15) is 0 Å². The maximum absolute atomic E-state index is 14.4. The number of halogens is 3. The number of hydrogen-bond acceptors (Lipinski definition) is 5. The van der Waals surface area contributed by atoms with E-state index in [-0.39, 0.29) is 48.9 Å². The molecule has 8 nitrogen and oxygen atoms in total. The smallest absolute Gasteiger partial charge is 0.243 e. The number of nitrogens with one attached hydrogen (secondary N) is 2. The van der Waals surface area contributed by atoms with Crippen LogP contribution in [-0.4, -0.2) is 58.5 Å². The number of carbonyl (C=O) groups is 3. The van der Waals surface area contributed by atoms with Crippen molar-refractivity contribution in [2.45, 2.75) is 58.0 Å². The molecule has 2 N–H and O–H groups in total. The zero-order valence-corrected chi connectivity index (χ0v) is 24.0. The molecule has 0 bridgehead atoms. The lowest BCUT2D eigenvalue weighted by Gasteiger charge is -2.28. The number of aromatic amines is 1. The third kappa shape index (κ3) is 5.99. The number of nitrogens with zero attached hydrogens (tertiary/aromatic N) is 1. The quantitative estimate of drug-likeness (QED) is 0.250. The van der Waals surface area contributed by atoms with Crippen LogP contribution < -0.4 is 10.6 Å². The topological polar surface area (TPSA) is 109 Å². The van der Waals surface area contributed by atoms with Crippen LogP contribution in [0.5, 0.6) is 0 Å². The van der Waals surface area contributed by atoms with Gasteiger partial charge in [-0.15, -0.1) is 0 Å². The first kappa shape index (κ1) is 29.9. The van der Waals surface area contributed by atoms with E-state index in [2.05, 4.69) is 10.3 Å². The van der Waals surface area contributed by atoms with Gasteiger partial charge in [-0.25, -0.2) is 8.78 Å². The van der Waals surface area contributed by atoms with Gasteiger partial charge < -0.3 is 19.7 Å². The first-order chi connectivity index (χ1) is 19.0. The van der Waals surface area contributed by atoms with Crippen molar-refractivity contribution in [1.29, 1.82) is 0 Å². The van der Waals surface area contributed by atoms with E-state index in [0.717, 1.165) is 4.90 Å². The van der Waals surface area contributed by atoms with Crippen molar-refractivity contribution in [2.75, 3.05) is 13.2 Å². The van der Waals surface area contributed by atoms with E-state index < -0.39 is 42.9 Å². The Labute approximate surface area is 235 Å². The summed E-state index contributed by atoms with van der Waals surface area (Å²) in [4.78, 5) is 42.3. The van der Waals surface area contributed by atoms with Crippen molar-refractivity contribution in [3.8, 4) is 0 Å². The summed E-state index contributed by atoms with van der Waals surface area (Å²) in [5.41, 5.74) is 0.485. The number of rotatable bonds is 10. The fourth-order valence-corrected chi connectivity index (χ4v) is 7.51. The molecule has 1 aliphatic rings. The Morgan fingerprint density at radius 2 is 2.02 bits per heavy atom. The Morgan fingerprint density at radius 1 is 1.27 bits per heavy atom. The number of fused-ring (bicyclic) bond motifs is 1. The first-order valence-corrected chi connectivity index (χ1v) is 15.0. The Bertz CT molecular complexity index is 1500. The molecule has 214 valence electrons. The Morgan fingerprint density at radius 3 is 2.73 bits per heavy atom. The van der Waals surface area contributed by atoms with Gasteiger partial charge in [0, 0.05) is 58.6 Å². The SMILES string of the molecule is CCOP(=O)(c1ccc2c(C(C)=O)c[nH]c2c1)C(C)CC(=O)N1C[C@H](F)C[C@H]1C(=O)NCc1cccc(Cl)c1F. The lowest BCUT2D eigenvalue weighted by molar-refractivity contribution is -0.138. The molecule has 40 heavy (non-hydrogen) atoms. The molecule has 0 radical (unpaired) electrons. The van der Waals surface area contributed by atoms with Gasteiger partial charge in [0.25, 0.3) is 0 Å². The first-order valence-electron chi connectivity index (χ1n) is 13.0. The number of Topliss-reactive ketones (excluding diaryl/α,β-unsaturated/α-hetero) is 1. The lowest BCUT2D eigenvalue weighted by atomic mass is 10.1. The van der Waals surface area contributed by atoms with Crippen molar-refractivity contribution >= 4 is 52.8 Å². The molecule has 3 aromatic rings. The minimum Gasteiger partial charge on any atom is -0.360 e. The molecule has 0 aliphatic carbocycles. The molecule has 4 rings (SSSR count). The average Bonchev–Trinajstić information content (AvgIpc) is 3.52. The number of ketones is 1. The van der Waals surface area contributed by atoms with Crippen LogP contribution in [0.3, 0.4) is 0 Å². The van der Waals surface area contributed by atoms with Crippen LogP contribution in [0.15, 0.2) is 42.6 Å².